The molecule has 2 aliphatic rings. The van der Waals surface area contributed by atoms with Crippen LogP contribution in [0.4, 0.5) is 0 Å². The fourth-order valence-electron chi connectivity index (χ4n) is 3.83. The van der Waals surface area contributed by atoms with Crippen molar-refractivity contribution in [2.75, 3.05) is 13.2 Å². The van der Waals surface area contributed by atoms with E-state index in [4.69, 9.17) is 9.47 Å². The highest BCUT2D eigenvalue weighted by atomic mass is 16.5. The molecule has 0 atom stereocenters. The van der Waals surface area contributed by atoms with Crippen LogP contribution in [0.3, 0.4) is 0 Å². The number of rotatable bonds is 6. The monoisotopic (exact) mass is 382 g/mol. The Morgan fingerprint density at radius 1 is 0.714 bits per heavy atom. The molecular weight excluding hydrogens is 352 g/mol. The first kappa shape index (κ1) is 20.4. The molecule has 0 aliphatic heterocycles. The summed E-state index contributed by atoms with van der Waals surface area (Å²) in [6, 6.07) is 6.56. The van der Waals surface area contributed by atoms with Gasteiger partial charge in [-0.15, -0.1) is 0 Å². The minimum atomic E-state index is -0.411. The number of carbonyl (C=O) groups is 2. The molecule has 0 aromatic heterocycles. The molecule has 2 aliphatic carbocycles. The van der Waals surface area contributed by atoms with Gasteiger partial charge in [0.25, 0.3) is 0 Å². The van der Waals surface area contributed by atoms with E-state index in [1.807, 2.05) is 12.2 Å². The SMILES string of the molecule is O=C(OCC=C1CCCCC1)c1cccc(C(=O)OCC=C2CCCCC2)c1. The summed E-state index contributed by atoms with van der Waals surface area (Å²) < 4.78 is 10.7. The van der Waals surface area contributed by atoms with Crippen LogP contribution in [0.15, 0.2) is 47.6 Å². The van der Waals surface area contributed by atoms with Crippen molar-refractivity contribution in [3.8, 4) is 0 Å². The normalized spacial score (nSPS) is 17.0. The fourth-order valence-corrected chi connectivity index (χ4v) is 3.83. The number of benzene rings is 1. The average molecular weight is 383 g/mol. The topological polar surface area (TPSA) is 52.6 Å². The Labute approximate surface area is 167 Å². The number of carbonyl (C=O) groups excluding carboxylic acids is 2. The van der Waals surface area contributed by atoms with Gasteiger partial charge in [0.2, 0.25) is 0 Å². The number of allylic oxidation sites excluding steroid dienone is 2. The van der Waals surface area contributed by atoms with Crippen LogP contribution < -0.4 is 0 Å². The van der Waals surface area contributed by atoms with E-state index in [1.165, 1.54) is 49.7 Å². The lowest BCUT2D eigenvalue weighted by molar-refractivity contribution is 0.0547. The van der Waals surface area contributed by atoms with Gasteiger partial charge in [-0.1, -0.05) is 30.1 Å². The Morgan fingerprint density at radius 2 is 1.14 bits per heavy atom. The van der Waals surface area contributed by atoms with Crippen LogP contribution in [0.2, 0.25) is 0 Å². The summed E-state index contributed by atoms with van der Waals surface area (Å²) in [5.74, 6) is -0.821. The summed E-state index contributed by atoms with van der Waals surface area (Å²) in [5.41, 5.74) is 3.51. The zero-order valence-electron chi connectivity index (χ0n) is 16.6. The first-order valence-corrected chi connectivity index (χ1v) is 10.5. The molecule has 0 spiro atoms. The number of hydrogen-bond acceptors (Lipinski definition) is 4. The van der Waals surface area contributed by atoms with Gasteiger partial charge in [0.15, 0.2) is 0 Å². The second kappa shape index (κ2) is 10.8. The lowest BCUT2D eigenvalue weighted by atomic mass is 9.95. The number of ether oxygens (including phenoxy) is 2. The van der Waals surface area contributed by atoms with Gasteiger partial charge in [0.05, 0.1) is 11.1 Å². The van der Waals surface area contributed by atoms with E-state index in [9.17, 15) is 9.59 Å². The van der Waals surface area contributed by atoms with Crippen LogP contribution in [-0.2, 0) is 9.47 Å². The maximum Gasteiger partial charge on any atom is 0.338 e. The number of hydrogen-bond donors (Lipinski definition) is 0. The molecule has 4 nitrogen and oxygen atoms in total. The molecule has 28 heavy (non-hydrogen) atoms. The molecule has 3 rings (SSSR count). The molecule has 0 saturated heterocycles. The summed E-state index contributed by atoms with van der Waals surface area (Å²) in [5, 5.41) is 0. The van der Waals surface area contributed by atoms with Crippen LogP contribution in [0.25, 0.3) is 0 Å². The molecule has 0 N–H and O–H groups in total. The molecule has 0 amide bonds. The Kier molecular flexibility index (Phi) is 7.89. The lowest BCUT2D eigenvalue weighted by Crippen LogP contribution is -2.10. The molecule has 0 radical (unpaired) electrons. The smallest absolute Gasteiger partial charge is 0.338 e. The zero-order chi connectivity index (χ0) is 19.6. The zero-order valence-corrected chi connectivity index (χ0v) is 16.6. The number of esters is 2. The highest BCUT2D eigenvalue weighted by molar-refractivity contribution is 5.95. The van der Waals surface area contributed by atoms with E-state index >= 15 is 0 Å². The van der Waals surface area contributed by atoms with E-state index in [2.05, 4.69) is 0 Å². The van der Waals surface area contributed by atoms with Crippen molar-refractivity contribution >= 4 is 11.9 Å². The lowest BCUT2D eigenvalue weighted by Gasteiger charge is -2.13. The van der Waals surface area contributed by atoms with Crippen molar-refractivity contribution in [3.63, 3.8) is 0 Å². The van der Waals surface area contributed by atoms with Gasteiger partial charge in [-0.3, -0.25) is 0 Å². The van der Waals surface area contributed by atoms with Gasteiger partial charge in [0.1, 0.15) is 13.2 Å². The van der Waals surface area contributed by atoms with Gasteiger partial charge < -0.3 is 9.47 Å². The van der Waals surface area contributed by atoms with Gasteiger partial charge in [-0.05, 0) is 81.7 Å². The molecule has 2 saturated carbocycles. The third kappa shape index (κ3) is 6.36. The van der Waals surface area contributed by atoms with E-state index in [-0.39, 0.29) is 13.2 Å². The predicted molar refractivity (Wildman–Crippen MR) is 109 cm³/mol. The van der Waals surface area contributed by atoms with Gasteiger partial charge in [-0.25, -0.2) is 9.59 Å². The molecule has 4 heteroatoms. The summed E-state index contributed by atoms with van der Waals surface area (Å²) in [6.45, 7) is 0.576. The minimum Gasteiger partial charge on any atom is -0.458 e. The van der Waals surface area contributed by atoms with E-state index in [0.29, 0.717) is 11.1 Å². The minimum absolute atomic E-state index is 0.288. The quantitative estimate of drug-likeness (QED) is 0.462. The van der Waals surface area contributed by atoms with Crippen molar-refractivity contribution in [2.45, 2.75) is 64.2 Å². The molecule has 1 aromatic carbocycles. The molecule has 2 fully saturated rings. The van der Waals surface area contributed by atoms with Gasteiger partial charge in [-0.2, -0.15) is 0 Å². The molecule has 0 unspecified atom stereocenters. The Hall–Kier alpha value is -2.36. The van der Waals surface area contributed by atoms with E-state index in [0.717, 1.165) is 25.7 Å². The summed E-state index contributed by atoms with van der Waals surface area (Å²) in [6.07, 6.45) is 15.9. The maximum absolute atomic E-state index is 12.3. The first-order chi connectivity index (χ1) is 13.7. The predicted octanol–water partition coefficient (Wildman–Crippen LogP) is 5.78. The van der Waals surface area contributed by atoms with Gasteiger partial charge in [0, 0.05) is 0 Å². The maximum atomic E-state index is 12.3. The second-order valence-corrected chi connectivity index (χ2v) is 7.62. The van der Waals surface area contributed by atoms with Crippen molar-refractivity contribution < 1.29 is 19.1 Å². The largest absolute Gasteiger partial charge is 0.458 e. The fraction of sp³-hybridized carbons (Fsp3) is 0.500. The molecule has 1 aromatic rings. The Bertz CT molecular complexity index is 669. The average Bonchev–Trinajstić information content (AvgIpc) is 2.75. The highest BCUT2D eigenvalue weighted by Crippen LogP contribution is 2.23. The third-order valence-electron chi connectivity index (χ3n) is 5.50. The Morgan fingerprint density at radius 3 is 1.57 bits per heavy atom. The summed E-state index contributed by atoms with van der Waals surface area (Å²) in [7, 11) is 0. The first-order valence-electron chi connectivity index (χ1n) is 10.5. The molecule has 150 valence electrons. The summed E-state index contributed by atoms with van der Waals surface area (Å²) >= 11 is 0. The van der Waals surface area contributed by atoms with Crippen LogP contribution in [-0.4, -0.2) is 25.2 Å². The second-order valence-electron chi connectivity index (χ2n) is 7.62. The molecular formula is C24H30O4. The van der Waals surface area contributed by atoms with Crippen molar-refractivity contribution in [3.05, 3.63) is 58.7 Å². The van der Waals surface area contributed by atoms with Crippen molar-refractivity contribution in [2.24, 2.45) is 0 Å². The Balaban J connectivity index is 1.49. The molecule has 0 bridgehead atoms. The van der Waals surface area contributed by atoms with Crippen molar-refractivity contribution in [1.29, 1.82) is 0 Å². The van der Waals surface area contributed by atoms with Crippen LogP contribution in [0.1, 0.15) is 84.9 Å². The van der Waals surface area contributed by atoms with Crippen LogP contribution >= 0.6 is 0 Å². The van der Waals surface area contributed by atoms with E-state index in [1.54, 1.807) is 24.3 Å². The van der Waals surface area contributed by atoms with Crippen LogP contribution in [0.5, 0.6) is 0 Å². The highest BCUT2D eigenvalue weighted by Gasteiger charge is 2.13. The summed E-state index contributed by atoms with van der Waals surface area (Å²) in [4.78, 5) is 24.5. The third-order valence-corrected chi connectivity index (χ3v) is 5.50. The van der Waals surface area contributed by atoms with Crippen LogP contribution in [0, 0.1) is 0 Å². The van der Waals surface area contributed by atoms with Gasteiger partial charge >= 0.3 is 11.9 Å². The van der Waals surface area contributed by atoms with Crippen molar-refractivity contribution in [1.82, 2.24) is 0 Å². The molecule has 0 heterocycles. The van der Waals surface area contributed by atoms with E-state index < -0.39 is 11.9 Å². The standard InChI is InChI=1S/C24H30O4/c25-23(27-16-14-19-8-3-1-4-9-19)21-12-7-13-22(18-21)24(26)28-17-15-20-10-5-2-6-11-20/h7,12-15,18H,1-6,8-11,16-17H2.